The van der Waals surface area contributed by atoms with E-state index in [9.17, 15) is 14.4 Å². The standard InChI is InChI=1S/C18H21ClN4O3/c1-18(2,3)17(26)23-8-6-22(7-9-23)16(25)15(24)21-13-5-4-12(11-20)14(19)10-13/h4-5,10H,6-9H2,1-3H3,(H,21,24). The third kappa shape index (κ3) is 4.52. The number of halogens is 1. The number of nitrogens with zero attached hydrogens (tertiary/aromatic N) is 3. The van der Waals surface area contributed by atoms with Crippen LogP contribution in [0.2, 0.25) is 5.02 Å². The topological polar surface area (TPSA) is 93.5 Å². The average Bonchev–Trinajstić information content (AvgIpc) is 2.60. The van der Waals surface area contributed by atoms with E-state index < -0.39 is 17.2 Å². The van der Waals surface area contributed by atoms with Crippen molar-refractivity contribution in [1.82, 2.24) is 9.80 Å². The van der Waals surface area contributed by atoms with Crippen LogP contribution in [0, 0.1) is 16.7 Å². The van der Waals surface area contributed by atoms with Crippen LogP contribution in [-0.4, -0.2) is 53.7 Å². The van der Waals surface area contributed by atoms with E-state index in [0.717, 1.165) is 0 Å². The van der Waals surface area contributed by atoms with E-state index in [2.05, 4.69) is 5.32 Å². The number of carbonyl (C=O) groups is 3. The molecule has 0 atom stereocenters. The van der Waals surface area contributed by atoms with Crippen molar-refractivity contribution in [2.24, 2.45) is 5.41 Å². The zero-order chi connectivity index (χ0) is 19.5. The van der Waals surface area contributed by atoms with Gasteiger partial charge in [-0.2, -0.15) is 5.26 Å². The Morgan fingerprint density at radius 3 is 2.19 bits per heavy atom. The van der Waals surface area contributed by atoms with Crippen molar-refractivity contribution in [2.75, 3.05) is 31.5 Å². The van der Waals surface area contributed by atoms with Gasteiger partial charge < -0.3 is 15.1 Å². The van der Waals surface area contributed by atoms with E-state index in [0.29, 0.717) is 31.9 Å². The quantitative estimate of drug-likeness (QED) is 0.757. The number of hydrogen-bond acceptors (Lipinski definition) is 4. The largest absolute Gasteiger partial charge is 0.339 e. The molecule has 3 amide bonds. The van der Waals surface area contributed by atoms with Crippen LogP contribution in [0.1, 0.15) is 26.3 Å². The molecule has 1 heterocycles. The van der Waals surface area contributed by atoms with Gasteiger partial charge in [0.15, 0.2) is 0 Å². The predicted octanol–water partition coefficient (Wildman–Crippen LogP) is 1.87. The predicted molar refractivity (Wildman–Crippen MR) is 97.4 cm³/mol. The van der Waals surface area contributed by atoms with Gasteiger partial charge in [-0.1, -0.05) is 32.4 Å². The fraction of sp³-hybridized carbons (Fsp3) is 0.444. The maximum absolute atomic E-state index is 12.3. The smallest absolute Gasteiger partial charge is 0.313 e. The van der Waals surface area contributed by atoms with Gasteiger partial charge >= 0.3 is 11.8 Å². The number of benzene rings is 1. The van der Waals surface area contributed by atoms with Crippen LogP contribution in [0.3, 0.4) is 0 Å². The molecule has 1 aliphatic rings. The second-order valence-electron chi connectivity index (χ2n) is 7.09. The molecule has 0 spiro atoms. The van der Waals surface area contributed by atoms with E-state index in [4.69, 9.17) is 16.9 Å². The second-order valence-corrected chi connectivity index (χ2v) is 7.50. The lowest BCUT2D eigenvalue weighted by Gasteiger charge is -2.37. The Kier molecular flexibility index (Phi) is 5.88. The van der Waals surface area contributed by atoms with E-state index in [1.807, 2.05) is 26.8 Å². The van der Waals surface area contributed by atoms with Gasteiger partial charge in [0, 0.05) is 37.3 Å². The first-order valence-electron chi connectivity index (χ1n) is 8.23. The normalized spacial score (nSPS) is 14.6. The van der Waals surface area contributed by atoms with Gasteiger partial charge in [0.25, 0.3) is 0 Å². The monoisotopic (exact) mass is 376 g/mol. The van der Waals surface area contributed by atoms with E-state index in [-0.39, 0.29) is 16.5 Å². The van der Waals surface area contributed by atoms with Crippen LogP contribution in [0.4, 0.5) is 5.69 Å². The third-order valence-corrected chi connectivity index (χ3v) is 4.35. The first-order chi connectivity index (χ1) is 12.1. The Morgan fingerprint density at radius 1 is 1.12 bits per heavy atom. The molecule has 0 aliphatic carbocycles. The van der Waals surface area contributed by atoms with Crippen LogP contribution in [0.25, 0.3) is 0 Å². The SMILES string of the molecule is CC(C)(C)C(=O)N1CCN(C(=O)C(=O)Nc2ccc(C#N)c(Cl)c2)CC1. The molecule has 1 aromatic rings. The number of anilines is 1. The summed E-state index contributed by atoms with van der Waals surface area (Å²) in [7, 11) is 0. The minimum absolute atomic E-state index is 0.0290. The molecule has 0 bridgehead atoms. The number of hydrogen-bond donors (Lipinski definition) is 1. The molecule has 1 fully saturated rings. The first kappa shape index (κ1) is 19.7. The highest BCUT2D eigenvalue weighted by atomic mass is 35.5. The van der Waals surface area contributed by atoms with E-state index in [1.54, 1.807) is 4.90 Å². The molecule has 0 radical (unpaired) electrons. The molecule has 1 saturated heterocycles. The summed E-state index contributed by atoms with van der Waals surface area (Å²) in [6, 6.07) is 6.32. The van der Waals surface area contributed by atoms with Crippen molar-refractivity contribution in [3.63, 3.8) is 0 Å². The summed E-state index contributed by atoms with van der Waals surface area (Å²) < 4.78 is 0. The minimum Gasteiger partial charge on any atom is -0.339 e. The summed E-state index contributed by atoms with van der Waals surface area (Å²) in [5.74, 6) is -1.41. The second kappa shape index (κ2) is 7.75. The van der Waals surface area contributed by atoms with Crippen molar-refractivity contribution in [3.8, 4) is 6.07 Å². The Balaban J connectivity index is 1.94. The van der Waals surface area contributed by atoms with Gasteiger partial charge in [0.2, 0.25) is 5.91 Å². The molecule has 1 aromatic carbocycles. The zero-order valence-electron chi connectivity index (χ0n) is 15.0. The van der Waals surface area contributed by atoms with E-state index in [1.165, 1.54) is 23.1 Å². The molecule has 2 rings (SSSR count). The molecule has 8 heteroatoms. The van der Waals surface area contributed by atoms with Crippen LogP contribution in [0.15, 0.2) is 18.2 Å². The molecule has 26 heavy (non-hydrogen) atoms. The van der Waals surface area contributed by atoms with E-state index >= 15 is 0 Å². The molecule has 138 valence electrons. The van der Waals surface area contributed by atoms with Crippen LogP contribution in [0.5, 0.6) is 0 Å². The molecule has 0 unspecified atom stereocenters. The van der Waals surface area contributed by atoms with Gasteiger partial charge in [-0.25, -0.2) is 0 Å². The number of nitriles is 1. The lowest BCUT2D eigenvalue weighted by molar-refractivity contribution is -0.148. The summed E-state index contributed by atoms with van der Waals surface area (Å²) in [4.78, 5) is 39.9. The maximum atomic E-state index is 12.3. The minimum atomic E-state index is -0.777. The number of rotatable bonds is 1. The molecule has 0 saturated carbocycles. The number of piperazine rings is 1. The molecule has 0 aromatic heterocycles. The van der Waals surface area contributed by atoms with Gasteiger partial charge in [-0.3, -0.25) is 14.4 Å². The molecule has 7 nitrogen and oxygen atoms in total. The van der Waals surface area contributed by atoms with Crippen molar-refractivity contribution in [2.45, 2.75) is 20.8 Å². The Hall–Kier alpha value is -2.59. The highest BCUT2D eigenvalue weighted by molar-refractivity contribution is 6.39. The maximum Gasteiger partial charge on any atom is 0.313 e. The number of amides is 3. The highest BCUT2D eigenvalue weighted by Gasteiger charge is 2.32. The van der Waals surface area contributed by atoms with Gasteiger partial charge in [-0.15, -0.1) is 0 Å². The number of carbonyl (C=O) groups excluding carboxylic acids is 3. The summed E-state index contributed by atoms with van der Waals surface area (Å²) in [5.41, 5.74) is 0.155. The zero-order valence-corrected chi connectivity index (χ0v) is 15.8. The number of nitrogens with one attached hydrogen (secondary N) is 1. The van der Waals surface area contributed by atoms with Crippen molar-refractivity contribution in [3.05, 3.63) is 28.8 Å². The molecule has 1 aliphatic heterocycles. The lowest BCUT2D eigenvalue weighted by atomic mass is 9.94. The Labute approximate surface area is 157 Å². The molecule has 1 N–H and O–H groups in total. The molecular weight excluding hydrogens is 356 g/mol. The Bertz CT molecular complexity index is 772. The third-order valence-electron chi connectivity index (χ3n) is 4.04. The van der Waals surface area contributed by atoms with Gasteiger partial charge in [0.05, 0.1) is 10.6 Å². The summed E-state index contributed by atoms with van der Waals surface area (Å²) in [5, 5.41) is 11.5. The summed E-state index contributed by atoms with van der Waals surface area (Å²) in [6.07, 6.45) is 0. The van der Waals surface area contributed by atoms with Crippen molar-refractivity contribution in [1.29, 1.82) is 5.26 Å². The van der Waals surface area contributed by atoms with Gasteiger partial charge in [0.1, 0.15) is 6.07 Å². The highest BCUT2D eigenvalue weighted by Crippen LogP contribution is 2.21. The van der Waals surface area contributed by atoms with Crippen LogP contribution in [-0.2, 0) is 14.4 Å². The fourth-order valence-electron chi connectivity index (χ4n) is 2.60. The molecular formula is C18H21ClN4O3. The lowest BCUT2D eigenvalue weighted by Crippen LogP contribution is -2.54. The summed E-state index contributed by atoms with van der Waals surface area (Å²) in [6.45, 7) is 6.97. The van der Waals surface area contributed by atoms with Crippen molar-refractivity contribution >= 4 is 35.0 Å². The van der Waals surface area contributed by atoms with Gasteiger partial charge in [-0.05, 0) is 18.2 Å². The summed E-state index contributed by atoms with van der Waals surface area (Å²) >= 11 is 5.92. The van der Waals surface area contributed by atoms with Crippen molar-refractivity contribution < 1.29 is 14.4 Å². The van der Waals surface area contributed by atoms with Crippen LogP contribution < -0.4 is 5.32 Å². The first-order valence-corrected chi connectivity index (χ1v) is 8.60. The fourth-order valence-corrected chi connectivity index (χ4v) is 2.82. The van der Waals surface area contributed by atoms with Crippen LogP contribution >= 0.6 is 11.6 Å². The average molecular weight is 377 g/mol. The Morgan fingerprint density at radius 2 is 1.69 bits per heavy atom.